The molecule has 0 fully saturated rings. The molecule has 0 amide bonds. The fourth-order valence-corrected chi connectivity index (χ4v) is 1.93. The maximum absolute atomic E-state index is 12.1. The van der Waals surface area contributed by atoms with Crippen molar-refractivity contribution in [3.63, 3.8) is 0 Å². The van der Waals surface area contributed by atoms with Crippen molar-refractivity contribution in [1.82, 2.24) is 0 Å². The first kappa shape index (κ1) is 13.2. The molecule has 1 aromatic carbocycles. The van der Waals surface area contributed by atoms with Gasteiger partial charge in [0.1, 0.15) is 0 Å². The molecule has 1 rings (SSSR count). The molecule has 7 heteroatoms. The van der Waals surface area contributed by atoms with Crippen LogP contribution >= 0.6 is 23.4 Å². The summed E-state index contributed by atoms with van der Waals surface area (Å²) in [6, 6.07) is 3.45. The Hall–Kier alpha value is -0.880. The first-order valence-corrected chi connectivity index (χ1v) is 5.16. The standard InChI is InChI=1S/C9H6ClF3O2S/c1-15-8(14)5-2-6(10)4-7(3-5)16-9(11,12)13/h2-4H,1H3. The average Bonchev–Trinajstić information content (AvgIpc) is 2.12. The molecule has 0 atom stereocenters. The van der Waals surface area contributed by atoms with Crippen LogP contribution in [0.2, 0.25) is 5.02 Å². The molecule has 0 saturated heterocycles. The van der Waals surface area contributed by atoms with Crippen LogP contribution in [0.1, 0.15) is 10.4 Å². The Morgan fingerprint density at radius 3 is 2.50 bits per heavy atom. The zero-order valence-electron chi connectivity index (χ0n) is 7.97. The number of alkyl halides is 3. The summed E-state index contributed by atoms with van der Waals surface area (Å²) in [5.74, 6) is -0.730. The van der Waals surface area contributed by atoms with Gasteiger partial charge in [0.2, 0.25) is 0 Å². The van der Waals surface area contributed by atoms with E-state index in [1.165, 1.54) is 6.07 Å². The molecule has 16 heavy (non-hydrogen) atoms. The van der Waals surface area contributed by atoms with Gasteiger partial charge < -0.3 is 4.74 Å². The lowest BCUT2D eigenvalue weighted by Crippen LogP contribution is -2.03. The molecule has 0 bridgehead atoms. The highest BCUT2D eigenvalue weighted by atomic mass is 35.5. The van der Waals surface area contributed by atoms with Gasteiger partial charge in [0, 0.05) is 9.92 Å². The predicted octanol–water partition coefficient (Wildman–Crippen LogP) is 3.74. The van der Waals surface area contributed by atoms with E-state index in [-0.39, 0.29) is 27.2 Å². The first-order chi connectivity index (χ1) is 7.31. The van der Waals surface area contributed by atoms with E-state index in [0.717, 1.165) is 19.2 Å². The zero-order valence-corrected chi connectivity index (χ0v) is 9.54. The maximum atomic E-state index is 12.1. The van der Waals surface area contributed by atoms with Gasteiger partial charge in [-0.3, -0.25) is 0 Å². The van der Waals surface area contributed by atoms with E-state index in [1.807, 2.05) is 0 Å². The summed E-state index contributed by atoms with van der Waals surface area (Å²) in [5.41, 5.74) is -4.43. The largest absolute Gasteiger partial charge is 0.465 e. The monoisotopic (exact) mass is 270 g/mol. The number of thioether (sulfide) groups is 1. The minimum absolute atomic E-state index is 0.0123. The smallest absolute Gasteiger partial charge is 0.446 e. The summed E-state index contributed by atoms with van der Waals surface area (Å²) < 4.78 is 40.7. The van der Waals surface area contributed by atoms with Crippen LogP contribution in [-0.2, 0) is 4.74 Å². The summed E-state index contributed by atoms with van der Waals surface area (Å²) in [4.78, 5) is 11.0. The third kappa shape index (κ3) is 3.94. The molecule has 1 aromatic rings. The van der Waals surface area contributed by atoms with Crippen LogP contribution < -0.4 is 0 Å². The lowest BCUT2D eigenvalue weighted by atomic mass is 10.2. The van der Waals surface area contributed by atoms with Gasteiger partial charge in [-0.15, -0.1) is 0 Å². The molecule has 0 N–H and O–H groups in total. The Balaban J connectivity index is 3.03. The molecular formula is C9H6ClF3O2S. The van der Waals surface area contributed by atoms with Gasteiger partial charge in [0.05, 0.1) is 12.7 Å². The SMILES string of the molecule is COC(=O)c1cc(Cl)cc(SC(F)(F)F)c1. The van der Waals surface area contributed by atoms with Crippen LogP contribution in [0, 0.1) is 0 Å². The topological polar surface area (TPSA) is 26.3 Å². The van der Waals surface area contributed by atoms with Gasteiger partial charge >= 0.3 is 11.5 Å². The minimum Gasteiger partial charge on any atom is -0.465 e. The normalized spacial score (nSPS) is 11.3. The van der Waals surface area contributed by atoms with Crippen molar-refractivity contribution in [3.8, 4) is 0 Å². The van der Waals surface area contributed by atoms with Gasteiger partial charge in [-0.25, -0.2) is 4.79 Å². The summed E-state index contributed by atoms with van der Waals surface area (Å²) >= 11 is 5.26. The molecule has 88 valence electrons. The van der Waals surface area contributed by atoms with Gasteiger partial charge in [-0.05, 0) is 30.0 Å². The number of methoxy groups -OCH3 is 1. The van der Waals surface area contributed by atoms with Crippen LogP contribution in [-0.4, -0.2) is 18.6 Å². The average molecular weight is 271 g/mol. The number of halogens is 4. The molecule has 0 aliphatic rings. The molecule has 0 heterocycles. The van der Waals surface area contributed by atoms with Crippen molar-refractivity contribution in [1.29, 1.82) is 0 Å². The first-order valence-electron chi connectivity index (χ1n) is 3.96. The number of carbonyl (C=O) groups excluding carboxylic acids is 1. The van der Waals surface area contributed by atoms with Crippen LogP contribution in [0.3, 0.4) is 0 Å². The summed E-state index contributed by atoms with van der Waals surface area (Å²) in [6.07, 6.45) is 0. The Kier molecular flexibility index (Phi) is 4.09. The van der Waals surface area contributed by atoms with E-state index in [0.29, 0.717) is 0 Å². The fraction of sp³-hybridized carbons (Fsp3) is 0.222. The Bertz CT molecular complexity index is 406. The number of hydrogen-bond donors (Lipinski definition) is 0. The van der Waals surface area contributed by atoms with Crippen molar-refractivity contribution in [2.45, 2.75) is 10.4 Å². The van der Waals surface area contributed by atoms with Crippen molar-refractivity contribution in [3.05, 3.63) is 28.8 Å². The second-order valence-corrected chi connectivity index (χ2v) is 4.29. The van der Waals surface area contributed by atoms with E-state index < -0.39 is 11.5 Å². The number of ether oxygens (including phenoxy) is 1. The van der Waals surface area contributed by atoms with Crippen LogP contribution in [0.5, 0.6) is 0 Å². The highest BCUT2D eigenvalue weighted by molar-refractivity contribution is 8.00. The lowest BCUT2D eigenvalue weighted by Gasteiger charge is -2.07. The maximum Gasteiger partial charge on any atom is 0.446 e. The zero-order chi connectivity index (χ0) is 12.3. The van der Waals surface area contributed by atoms with E-state index in [2.05, 4.69) is 4.74 Å². The van der Waals surface area contributed by atoms with Gasteiger partial charge in [0.15, 0.2) is 0 Å². The summed E-state index contributed by atoms with van der Waals surface area (Å²) in [5, 5.41) is 0.0506. The number of benzene rings is 1. The van der Waals surface area contributed by atoms with E-state index in [9.17, 15) is 18.0 Å². The third-order valence-electron chi connectivity index (χ3n) is 1.53. The van der Waals surface area contributed by atoms with Crippen molar-refractivity contribution < 1.29 is 22.7 Å². The summed E-state index contributed by atoms with van der Waals surface area (Å²) in [7, 11) is 1.14. The van der Waals surface area contributed by atoms with Gasteiger partial charge in [-0.1, -0.05) is 11.6 Å². The van der Waals surface area contributed by atoms with E-state index in [4.69, 9.17) is 11.6 Å². The molecule has 0 aliphatic carbocycles. The van der Waals surface area contributed by atoms with Gasteiger partial charge in [-0.2, -0.15) is 13.2 Å². The molecule has 0 saturated carbocycles. The van der Waals surface area contributed by atoms with Crippen molar-refractivity contribution in [2.75, 3.05) is 7.11 Å². The molecule has 2 nitrogen and oxygen atoms in total. The number of rotatable bonds is 2. The fourth-order valence-electron chi connectivity index (χ4n) is 0.991. The van der Waals surface area contributed by atoms with Crippen LogP contribution in [0.15, 0.2) is 23.1 Å². The minimum atomic E-state index is -4.42. The second kappa shape index (κ2) is 4.97. The number of esters is 1. The van der Waals surface area contributed by atoms with Crippen molar-refractivity contribution in [2.24, 2.45) is 0 Å². The molecule has 0 aliphatic heterocycles. The second-order valence-electron chi connectivity index (χ2n) is 2.71. The Morgan fingerprint density at radius 2 is 2.00 bits per heavy atom. The number of carbonyl (C=O) groups is 1. The Labute approximate surface area is 98.7 Å². The van der Waals surface area contributed by atoms with E-state index in [1.54, 1.807) is 0 Å². The molecule has 0 radical (unpaired) electrons. The Morgan fingerprint density at radius 1 is 1.38 bits per heavy atom. The van der Waals surface area contributed by atoms with Crippen molar-refractivity contribution >= 4 is 29.3 Å². The molecule has 0 spiro atoms. The van der Waals surface area contributed by atoms with E-state index >= 15 is 0 Å². The van der Waals surface area contributed by atoms with Gasteiger partial charge in [0.25, 0.3) is 0 Å². The number of hydrogen-bond acceptors (Lipinski definition) is 3. The van der Waals surface area contributed by atoms with Crippen LogP contribution in [0.25, 0.3) is 0 Å². The highest BCUT2D eigenvalue weighted by Gasteiger charge is 2.29. The van der Waals surface area contributed by atoms with Crippen LogP contribution in [0.4, 0.5) is 13.2 Å². The summed E-state index contributed by atoms with van der Waals surface area (Å²) in [6.45, 7) is 0. The highest BCUT2D eigenvalue weighted by Crippen LogP contribution is 2.38. The quantitative estimate of drug-likeness (QED) is 0.605. The third-order valence-corrected chi connectivity index (χ3v) is 2.45. The molecule has 0 unspecified atom stereocenters. The lowest BCUT2D eigenvalue weighted by molar-refractivity contribution is -0.0328. The molecular weight excluding hydrogens is 265 g/mol. The predicted molar refractivity (Wildman–Crippen MR) is 54.7 cm³/mol. The molecule has 0 aromatic heterocycles.